The Morgan fingerprint density at radius 1 is 0.932 bits per heavy atom. The van der Waals surface area contributed by atoms with Crippen molar-refractivity contribution in [3.05, 3.63) is 83.3 Å². The zero-order valence-corrected chi connectivity index (χ0v) is 23.6. The third kappa shape index (κ3) is 6.51. The number of halogens is 4. The van der Waals surface area contributed by atoms with E-state index in [0.717, 1.165) is 43.0 Å². The Morgan fingerprint density at radius 2 is 1.64 bits per heavy atom. The van der Waals surface area contributed by atoms with Crippen LogP contribution in [-0.2, 0) is 11.2 Å². The molecule has 0 spiro atoms. The summed E-state index contributed by atoms with van der Waals surface area (Å²) in [6.07, 6.45) is -2.25. The fourth-order valence-corrected chi connectivity index (χ4v) is 5.25. The molecule has 1 aliphatic rings. The number of aromatic nitrogens is 2. The van der Waals surface area contributed by atoms with Crippen LogP contribution in [0.2, 0.25) is 0 Å². The number of carbonyl (C=O) groups excluding carboxylic acids is 2. The number of nitrogens with zero attached hydrogens (tertiary/aromatic N) is 3. The average Bonchev–Trinajstić information content (AvgIpc) is 3.37. The molecule has 2 amide bonds. The first kappa shape index (κ1) is 30.5. The van der Waals surface area contributed by atoms with Crippen molar-refractivity contribution in [2.24, 2.45) is 0 Å². The van der Waals surface area contributed by atoms with Crippen molar-refractivity contribution < 1.29 is 37.1 Å². The molecule has 1 aromatic heterocycles. The maximum Gasteiger partial charge on any atom is 0.410 e. The number of fused-ring (bicyclic) bond motifs is 1. The Hall–Kier alpha value is -4.94. The lowest BCUT2D eigenvalue weighted by Gasteiger charge is -2.30. The van der Waals surface area contributed by atoms with Crippen LogP contribution in [0.25, 0.3) is 10.9 Å². The number of nitrogens with one attached hydrogen (secondary N) is 2. The summed E-state index contributed by atoms with van der Waals surface area (Å²) in [5, 5.41) is 18.9. The second-order valence-corrected chi connectivity index (χ2v) is 10.6. The summed E-state index contributed by atoms with van der Waals surface area (Å²) >= 11 is 0. The molecule has 44 heavy (non-hydrogen) atoms. The van der Waals surface area contributed by atoms with E-state index in [4.69, 9.17) is 0 Å². The standard InChI is InChI=1S/C31H29F4N5O4/c1-18(31(33,34)35)40-25-8-4-3-7-22(25)28(38-40)30(44)37-24-16-19(9-12-26(24)39-13-5-2-6-14-39)29(43)36-23-11-10-21(32)15-20(23)17-27(41)42/h3-4,7-12,15-16,18H,2,5-6,13-14,17H2,1H3,(H,36,43)(H,37,44)(H,41,42). The summed E-state index contributed by atoms with van der Waals surface area (Å²) in [7, 11) is 0. The molecule has 1 fully saturated rings. The minimum absolute atomic E-state index is 0.0693. The van der Waals surface area contributed by atoms with Crippen molar-refractivity contribution in [1.29, 1.82) is 0 Å². The van der Waals surface area contributed by atoms with Crippen molar-refractivity contribution in [2.45, 2.75) is 44.8 Å². The molecule has 0 radical (unpaired) electrons. The molecule has 0 aliphatic carbocycles. The molecule has 230 valence electrons. The number of amides is 2. The average molecular weight is 612 g/mol. The Bertz CT molecular complexity index is 1730. The normalized spacial score (nSPS) is 14.3. The number of carbonyl (C=O) groups is 3. The zero-order valence-electron chi connectivity index (χ0n) is 23.6. The predicted molar refractivity (Wildman–Crippen MR) is 157 cm³/mol. The van der Waals surface area contributed by atoms with E-state index in [0.29, 0.717) is 18.8 Å². The largest absolute Gasteiger partial charge is 0.481 e. The van der Waals surface area contributed by atoms with Crippen molar-refractivity contribution in [1.82, 2.24) is 9.78 Å². The first-order valence-electron chi connectivity index (χ1n) is 14.0. The third-order valence-corrected chi connectivity index (χ3v) is 7.53. The van der Waals surface area contributed by atoms with Crippen LogP contribution in [0.1, 0.15) is 58.6 Å². The number of benzene rings is 3. The Kier molecular flexibility index (Phi) is 8.56. The van der Waals surface area contributed by atoms with Gasteiger partial charge in [0.2, 0.25) is 0 Å². The van der Waals surface area contributed by atoms with E-state index in [1.807, 2.05) is 4.90 Å². The van der Waals surface area contributed by atoms with Gasteiger partial charge in [0.15, 0.2) is 5.69 Å². The molecule has 2 heterocycles. The van der Waals surface area contributed by atoms with Gasteiger partial charge in [-0.1, -0.05) is 18.2 Å². The second-order valence-electron chi connectivity index (χ2n) is 10.6. The van der Waals surface area contributed by atoms with Crippen LogP contribution < -0.4 is 15.5 Å². The fourth-order valence-electron chi connectivity index (χ4n) is 5.25. The smallest absolute Gasteiger partial charge is 0.410 e. The van der Waals surface area contributed by atoms with Crippen LogP contribution >= 0.6 is 0 Å². The van der Waals surface area contributed by atoms with Crippen LogP contribution in [0.15, 0.2) is 60.7 Å². The van der Waals surface area contributed by atoms with Gasteiger partial charge in [-0.2, -0.15) is 18.3 Å². The highest BCUT2D eigenvalue weighted by molar-refractivity contribution is 6.13. The quantitative estimate of drug-likeness (QED) is 0.198. The number of carboxylic acid groups (broad SMARTS) is 1. The summed E-state index contributed by atoms with van der Waals surface area (Å²) in [6.45, 7) is 2.35. The van der Waals surface area contributed by atoms with Gasteiger partial charge in [0.25, 0.3) is 11.8 Å². The second kappa shape index (κ2) is 12.3. The van der Waals surface area contributed by atoms with Gasteiger partial charge in [0.05, 0.1) is 23.3 Å². The van der Waals surface area contributed by atoms with E-state index in [1.54, 1.807) is 24.3 Å². The molecule has 3 aromatic carbocycles. The highest BCUT2D eigenvalue weighted by Gasteiger charge is 2.39. The molecule has 13 heteroatoms. The molecular weight excluding hydrogens is 582 g/mol. The first-order chi connectivity index (χ1) is 20.9. The number of para-hydroxylation sites is 1. The third-order valence-electron chi connectivity index (χ3n) is 7.53. The minimum atomic E-state index is -4.60. The molecule has 3 N–H and O–H groups in total. The lowest BCUT2D eigenvalue weighted by molar-refractivity contribution is -0.164. The van der Waals surface area contributed by atoms with E-state index < -0.39 is 42.2 Å². The van der Waals surface area contributed by atoms with Crippen molar-refractivity contribution in [3.63, 3.8) is 0 Å². The maximum absolute atomic E-state index is 13.8. The number of alkyl halides is 3. The molecule has 1 unspecified atom stereocenters. The SMILES string of the molecule is CC(n1nc(C(=O)Nc2cc(C(=O)Nc3ccc(F)cc3CC(=O)O)ccc2N2CCCCC2)c2ccccc21)C(F)(F)F. The maximum atomic E-state index is 13.8. The number of aliphatic carboxylic acids is 1. The van der Waals surface area contributed by atoms with E-state index in [9.17, 15) is 37.1 Å². The molecule has 9 nitrogen and oxygen atoms in total. The summed E-state index contributed by atoms with van der Waals surface area (Å²) in [5.74, 6) is -3.26. The van der Waals surface area contributed by atoms with E-state index in [1.165, 1.54) is 24.3 Å². The number of rotatable bonds is 8. The van der Waals surface area contributed by atoms with E-state index in [-0.39, 0.29) is 39.1 Å². The first-order valence-corrected chi connectivity index (χ1v) is 14.0. The number of hydrogen-bond acceptors (Lipinski definition) is 5. The van der Waals surface area contributed by atoms with Crippen LogP contribution in [0.5, 0.6) is 0 Å². The highest BCUT2D eigenvalue weighted by atomic mass is 19.4. The van der Waals surface area contributed by atoms with Crippen molar-refractivity contribution in [3.8, 4) is 0 Å². The predicted octanol–water partition coefficient (Wildman–Crippen LogP) is 6.42. The van der Waals surface area contributed by atoms with Gasteiger partial charge in [-0.25, -0.2) is 4.39 Å². The molecule has 0 bridgehead atoms. The molecule has 1 aliphatic heterocycles. The summed E-state index contributed by atoms with van der Waals surface area (Å²) in [6, 6.07) is 12.2. The van der Waals surface area contributed by atoms with Gasteiger partial charge in [0, 0.05) is 29.7 Å². The van der Waals surface area contributed by atoms with E-state index >= 15 is 0 Å². The molecule has 1 atom stereocenters. The Morgan fingerprint density at radius 3 is 2.34 bits per heavy atom. The van der Waals surface area contributed by atoms with Gasteiger partial charge < -0.3 is 20.6 Å². The lowest BCUT2D eigenvalue weighted by Crippen LogP contribution is -2.30. The fraction of sp³-hybridized carbons (Fsp3) is 0.290. The summed E-state index contributed by atoms with van der Waals surface area (Å²) < 4.78 is 55.4. The van der Waals surface area contributed by atoms with Crippen molar-refractivity contribution >= 4 is 45.7 Å². The Labute approximate surface area is 249 Å². The number of hydrogen-bond donors (Lipinski definition) is 3. The molecule has 0 saturated carbocycles. The van der Waals surface area contributed by atoms with Gasteiger partial charge in [-0.15, -0.1) is 0 Å². The number of carboxylic acids is 1. The summed E-state index contributed by atoms with van der Waals surface area (Å²) in [5.41, 5.74) is 1.09. The molecule has 4 aromatic rings. The number of anilines is 3. The van der Waals surface area contributed by atoms with Gasteiger partial charge in [-0.05, 0) is 74.2 Å². The summed E-state index contributed by atoms with van der Waals surface area (Å²) in [4.78, 5) is 40.2. The van der Waals surface area contributed by atoms with Gasteiger partial charge in [-0.3, -0.25) is 19.1 Å². The van der Waals surface area contributed by atoms with Gasteiger partial charge in [0.1, 0.15) is 11.9 Å². The minimum Gasteiger partial charge on any atom is -0.481 e. The van der Waals surface area contributed by atoms with Crippen LogP contribution in [0, 0.1) is 5.82 Å². The molecule has 5 rings (SSSR count). The zero-order chi connectivity index (χ0) is 31.6. The lowest BCUT2D eigenvalue weighted by atomic mass is 10.1. The van der Waals surface area contributed by atoms with Crippen molar-refractivity contribution in [2.75, 3.05) is 28.6 Å². The Balaban J connectivity index is 1.50. The molecule has 1 saturated heterocycles. The van der Waals surface area contributed by atoms with Gasteiger partial charge >= 0.3 is 12.1 Å². The monoisotopic (exact) mass is 611 g/mol. The van der Waals surface area contributed by atoms with Crippen LogP contribution in [-0.4, -0.2) is 51.9 Å². The van der Waals surface area contributed by atoms with Crippen LogP contribution in [0.4, 0.5) is 34.6 Å². The van der Waals surface area contributed by atoms with E-state index in [2.05, 4.69) is 15.7 Å². The molecular formula is C31H29F4N5O4. The van der Waals surface area contributed by atoms with Crippen LogP contribution in [0.3, 0.4) is 0 Å². The number of piperidine rings is 1. The topological polar surface area (TPSA) is 117 Å². The highest BCUT2D eigenvalue weighted by Crippen LogP contribution is 2.34.